The molecular weight excluding hydrogens is 308 g/mol. The zero-order chi connectivity index (χ0) is 18.7. The second kappa shape index (κ2) is 11.6. The van der Waals surface area contributed by atoms with E-state index in [1.54, 1.807) is 0 Å². The third-order valence-corrected chi connectivity index (χ3v) is 4.20. The Morgan fingerprint density at radius 2 is 1.40 bits per heavy atom. The van der Waals surface area contributed by atoms with Gasteiger partial charge in [0.2, 0.25) is 0 Å². The predicted octanol–water partition coefficient (Wildman–Crippen LogP) is 4.18. The first kappa shape index (κ1) is 21.1. The van der Waals surface area contributed by atoms with Crippen molar-refractivity contribution in [1.29, 1.82) is 0 Å². The van der Waals surface area contributed by atoms with E-state index in [4.69, 9.17) is 5.73 Å². The minimum absolute atomic E-state index is 0.0256. The number of nitrogens with zero attached hydrogens (tertiary/aromatic N) is 1. The molecule has 0 fully saturated rings. The van der Waals surface area contributed by atoms with Crippen molar-refractivity contribution in [3.05, 3.63) is 71.8 Å². The first-order valence-electron chi connectivity index (χ1n) is 9.12. The Balaban J connectivity index is 0.000000271. The molecule has 3 nitrogen and oxygen atoms in total. The van der Waals surface area contributed by atoms with E-state index < -0.39 is 0 Å². The minimum atomic E-state index is -0.0256. The van der Waals surface area contributed by atoms with Crippen molar-refractivity contribution in [3.8, 4) is 0 Å². The summed E-state index contributed by atoms with van der Waals surface area (Å²) in [6, 6.07) is 20.0. The first-order chi connectivity index (χ1) is 12.0. The van der Waals surface area contributed by atoms with Crippen molar-refractivity contribution in [2.75, 3.05) is 13.1 Å². The summed E-state index contributed by atoms with van der Waals surface area (Å²) in [6.45, 7) is 9.98. The summed E-state index contributed by atoms with van der Waals surface area (Å²) in [6.07, 6.45) is 0.973. The lowest BCUT2D eigenvalue weighted by atomic mass is 10.0. The van der Waals surface area contributed by atoms with Crippen LogP contribution in [0.15, 0.2) is 60.7 Å². The van der Waals surface area contributed by atoms with E-state index >= 15 is 0 Å². The van der Waals surface area contributed by atoms with Gasteiger partial charge in [0, 0.05) is 11.6 Å². The van der Waals surface area contributed by atoms with Gasteiger partial charge in [-0.2, -0.15) is 0 Å². The number of ketones is 1. The molecule has 0 heterocycles. The Hall–Kier alpha value is -1.97. The van der Waals surface area contributed by atoms with Gasteiger partial charge in [0.25, 0.3) is 0 Å². The van der Waals surface area contributed by atoms with Gasteiger partial charge in [-0.15, -0.1) is 0 Å². The summed E-state index contributed by atoms with van der Waals surface area (Å²) in [4.78, 5) is 14.2. The topological polar surface area (TPSA) is 46.3 Å². The van der Waals surface area contributed by atoms with Crippen LogP contribution in [0.1, 0.15) is 43.6 Å². The van der Waals surface area contributed by atoms with E-state index in [9.17, 15) is 4.79 Å². The quantitative estimate of drug-likeness (QED) is 0.769. The van der Waals surface area contributed by atoms with E-state index in [0.717, 1.165) is 25.1 Å². The molecule has 0 radical (unpaired) electrons. The predicted molar refractivity (Wildman–Crippen MR) is 107 cm³/mol. The van der Waals surface area contributed by atoms with Gasteiger partial charge >= 0.3 is 0 Å². The molecular formula is C22H32N2O. The number of rotatable bonds is 7. The molecule has 0 amide bonds. The maximum atomic E-state index is 12.1. The number of carbonyl (C=O) groups excluding carboxylic acids is 1. The van der Waals surface area contributed by atoms with Crippen LogP contribution in [0.25, 0.3) is 0 Å². The molecule has 136 valence electrons. The fourth-order valence-electron chi connectivity index (χ4n) is 2.77. The van der Waals surface area contributed by atoms with Gasteiger partial charge < -0.3 is 5.73 Å². The molecule has 0 aliphatic rings. The molecule has 0 aromatic heterocycles. The molecule has 3 heteroatoms. The Labute approximate surface area is 152 Å². The van der Waals surface area contributed by atoms with Crippen LogP contribution in [0, 0.1) is 0 Å². The number of nitrogens with two attached hydrogens (primary N) is 1. The van der Waals surface area contributed by atoms with Crippen LogP contribution < -0.4 is 5.73 Å². The SMILES string of the molecule is CCN(CC)C(C)C(=O)c1ccccc1.C[C@H](N)Cc1ccccc1. The Bertz CT molecular complexity index is 592. The lowest BCUT2D eigenvalue weighted by molar-refractivity contribution is 0.0851. The van der Waals surface area contributed by atoms with Gasteiger partial charge in [-0.25, -0.2) is 0 Å². The average molecular weight is 341 g/mol. The number of hydrogen-bond donors (Lipinski definition) is 1. The Kier molecular flexibility index (Phi) is 9.75. The monoisotopic (exact) mass is 340 g/mol. The zero-order valence-electron chi connectivity index (χ0n) is 16.0. The molecule has 2 atom stereocenters. The van der Waals surface area contributed by atoms with Crippen molar-refractivity contribution >= 4 is 5.78 Å². The molecule has 0 saturated carbocycles. The highest BCUT2D eigenvalue weighted by Gasteiger charge is 2.19. The summed E-state index contributed by atoms with van der Waals surface area (Å²) in [5.41, 5.74) is 7.74. The number of hydrogen-bond acceptors (Lipinski definition) is 3. The van der Waals surface area contributed by atoms with Crippen LogP contribution in [-0.2, 0) is 6.42 Å². The molecule has 2 aromatic carbocycles. The van der Waals surface area contributed by atoms with Gasteiger partial charge in [-0.3, -0.25) is 9.69 Å². The highest BCUT2D eigenvalue weighted by atomic mass is 16.1. The molecule has 2 aromatic rings. The molecule has 0 bridgehead atoms. The number of likely N-dealkylation sites (N-methyl/N-ethyl adjacent to an activating group) is 1. The van der Waals surface area contributed by atoms with Crippen LogP contribution >= 0.6 is 0 Å². The summed E-state index contributed by atoms with van der Waals surface area (Å²) in [7, 11) is 0. The second-order valence-corrected chi connectivity index (χ2v) is 6.29. The third kappa shape index (κ3) is 7.63. The fourth-order valence-corrected chi connectivity index (χ4v) is 2.77. The lowest BCUT2D eigenvalue weighted by Crippen LogP contribution is -2.38. The highest BCUT2D eigenvalue weighted by Crippen LogP contribution is 2.08. The van der Waals surface area contributed by atoms with Gasteiger partial charge in [0.1, 0.15) is 0 Å². The largest absolute Gasteiger partial charge is 0.328 e. The van der Waals surface area contributed by atoms with Crippen molar-refractivity contribution in [3.63, 3.8) is 0 Å². The van der Waals surface area contributed by atoms with E-state index in [-0.39, 0.29) is 17.9 Å². The van der Waals surface area contributed by atoms with E-state index in [2.05, 4.69) is 30.9 Å². The van der Waals surface area contributed by atoms with Crippen LogP contribution in [0.2, 0.25) is 0 Å². The smallest absolute Gasteiger partial charge is 0.179 e. The molecule has 25 heavy (non-hydrogen) atoms. The van der Waals surface area contributed by atoms with Gasteiger partial charge in [-0.05, 0) is 38.9 Å². The number of carbonyl (C=O) groups is 1. The summed E-state index contributed by atoms with van der Waals surface area (Å²) in [5, 5.41) is 0. The fraction of sp³-hybridized carbons (Fsp3) is 0.409. The van der Waals surface area contributed by atoms with Crippen molar-refractivity contribution in [2.24, 2.45) is 5.73 Å². The van der Waals surface area contributed by atoms with Crippen LogP contribution in [0.3, 0.4) is 0 Å². The van der Waals surface area contributed by atoms with Crippen molar-refractivity contribution < 1.29 is 4.79 Å². The second-order valence-electron chi connectivity index (χ2n) is 6.29. The minimum Gasteiger partial charge on any atom is -0.328 e. The molecule has 0 aliphatic carbocycles. The highest BCUT2D eigenvalue weighted by molar-refractivity contribution is 5.99. The van der Waals surface area contributed by atoms with Gasteiger partial charge in [0.15, 0.2) is 5.78 Å². The maximum Gasteiger partial charge on any atom is 0.179 e. The Morgan fingerprint density at radius 3 is 1.84 bits per heavy atom. The average Bonchev–Trinajstić information content (AvgIpc) is 2.63. The Morgan fingerprint density at radius 1 is 0.920 bits per heavy atom. The van der Waals surface area contributed by atoms with E-state index in [1.165, 1.54) is 5.56 Å². The number of Topliss-reactive ketones (excluding diaryl/α,β-unsaturated/α-hetero) is 1. The first-order valence-corrected chi connectivity index (χ1v) is 9.12. The molecule has 1 unspecified atom stereocenters. The van der Waals surface area contributed by atoms with Crippen molar-refractivity contribution in [1.82, 2.24) is 4.90 Å². The molecule has 2 rings (SSSR count). The van der Waals surface area contributed by atoms with Crippen LogP contribution in [0.4, 0.5) is 0 Å². The normalized spacial score (nSPS) is 12.9. The molecule has 2 N–H and O–H groups in total. The standard InChI is InChI=1S/C13H19NO.C9H13N/c1-4-14(5-2)11(3)13(15)12-9-7-6-8-10-12;1-8(10)7-9-5-3-2-4-6-9/h6-11H,4-5H2,1-3H3;2-6,8H,7,10H2,1H3/t;8-/m.0/s1. The number of benzene rings is 2. The zero-order valence-corrected chi connectivity index (χ0v) is 16.0. The molecule has 0 aliphatic heterocycles. The maximum absolute atomic E-state index is 12.1. The van der Waals surface area contributed by atoms with Crippen LogP contribution in [0.5, 0.6) is 0 Å². The molecule has 0 spiro atoms. The molecule has 0 saturated heterocycles. The van der Waals surface area contributed by atoms with Gasteiger partial charge in [-0.1, -0.05) is 74.5 Å². The summed E-state index contributed by atoms with van der Waals surface area (Å²) < 4.78 is 0. The van der Waals surface area contributed by atoms with Gasteiger partial charge in [0.05, 0.1) is 6.04 Å². The summed E-state index contributed by atoms with van der Waals surface area (Å²) in [5.74, 6) is 0.208. The van der Waals surface area contributed by atoms with E-state index in [1.807, 2.05) is 62.4 Å². The van der Waals surface area contributed by atoms with Crippen molar-refractivity contribution in [2.45, 2.75) is 46.2 Å². The lowest BCUT2D eigenvalue weighted by Gasteiger charge is -2.25. The summed E-state index contributed by atoms with van der Waals surface area (Å²) >= 11 is 0. The third-order valence-electron chi connectivity index (χ3n) is 4.20. The van der Waals surface area contributed by atoms with E-state index in [0.29, 0.717) is 0 Å². The van der Waals surface area contributed by atoms with Crippen LogP contribution in [-0.4, -0.2) is 35.9 Å².